The molecule has 0 aromatic heterocycles. The van der Waals surface area contributed by atoms with Crippen LogP contribution in [0.2, 0.25) is 0 Å². The van der Waals surface area contributed by atoms with Crippen molar-refractivity contribution < 1.29 is 70.9 Å². The Morgan fingerprint density at radius 3 is 1.21 bits per heavy atom. The van der Waals surface area contributed by atoms with E-state index < -0.39 is 46.2 Å². The lowest BCUT2D eigenvalue weighted by Crippen LogP contribution is -2.58. The van der Waals surface area contributed by atoms with Crippen molar-refractivity contribution in [1.29, 1.82) is 0 Å². The van der Waals surface area contributed by atoms with Gasteiger partial charge in [-0.05, 0) is 11.6 Å². The molecule has 1 N–H and O–H groups in total. The summed E-state index contributed by atoms with van der Waals surface area (Å²) >= 11 is -1.40. The summed E-state index contributed by atoms with van der Waals surface area (Å²) in [6.45, 7) is 0. The molecule has 0 aliphatic rings. The maximum Gasteiger partial charge on any atom is 0.453 e. The van der Waals surface area contributed by atoms with Gasteiger partial charge >= 0.3 is 35.1 Å². The predicted molar refractivity (Wildman–Crippen MR) is 48.5 cm³/mol. The molecule has 18 heteroatoms. The molecule has 146 valence electrons. The Kier molecular flexibility index (Phi) is 6.19. The highest BCUT2D eigenvalue weighted by Gasteiger charge is 2.75. The summed E-state index contributed by atoms with van der Waals surface area (Å²) in [4.78, 5) is 0. The van der Waals surface area contributed by atoms with Gasteiger partial charge in [0.05, 0.1) is 0 Å². The van der Waals surface area contributed by atoms with E-state index in [-0.39, 0.29) is 0 Å². The molecule has 0 heterocycles. The lowest BCUT2D eigenvalue weighted by atomic mass is 10.5. The fourth-order valence-corrected chi connectivity index (χ4v) is 0.943. The highest BCUT2D eigenvalue weighted by atomic mass is 35.5. The van der Waals surface area contributed by atoms with Crippen LogP contribution in [-0.2, 0) is 20.6 Å². The number of halogens is 13. The number of alkyl halides is 13. The average molecular weight is 433 g/mol. The van der Waals surface area contributed by atoms with E-state index in [0.717, 1.165) is 0 Å². The first-order valence-corrected chi connectivity index (χ1v) is 6.06. The van der Waals surface area contributed by atoms with Crippen LogP contribution in [0.3, 0.4) is 0 Å². The van der Waals surface area contributed by atoms with Gasteiger partial charge in [-0.1, -0.05) is 0 Å². The molecule has 0 amide bonds. The third kappa shape index (κ3) is 4.55. The summed E-state index contributed by atoms with van der Waals surface area (Å²) in [6.07, 6.45) is -27.6. The molecule has 1 atom stereocenters. The number of hydrogen-bond donors (Lipinski definition) is 1. The van der Waals surface area contributed by atoms with Gasteiger partial charge in [0.15, 0.2) is 0 Å². The van der Waals surface area contributed by atoms with Gasteiger partial charge < -0.3 is 4.55 Å². The molecule has 0 rings (SSSR count). The van der Waals surface area contributed by atoms with Gasteiger partial charge in [-0.2, -0.15) is 52.7 Å². The van der Waals surface area contributed by atoms with Crippen molar-refractivity contribution in [1.82, 2.24) is 0 Å². The normalized spacial score (nSPS) is 17.1. The molecule has 0 saturated carbocycles. The Morgan fingerprint density at radius 2 is 0.958 bits per heavy atom. The van der Waals surface area contributed by atoms with Crippen molar-refractivity contribution in [2.45, 2.75) is 35.1 Å². The first-order chi connectivity index (χ1) is 10.1. The monoisotopic (exact) mass is 432 g/mol. The summed E-state index contributed by atoms with van der Waals surface area (Å²) in [6, 6.07) is 0. The van der Waals surface area contributed by atoms with Crippen LogP contribution in [-0.4, -0.2) is 43.8 Å². The first-order valence-electron chi connectivity index (χ1n) is 4.58. The molecule has 0 aliphatic heterocycles. The number of hydrogen-bond acceptors (Lipinski definition) is 3. The van der Waals surface area contributed by atoms with Gasteiger partial charge in [-0.3, -0.25) is 0 Å². The Balaban J connectivity index is 5.62. The highest BCUT2D eigenvalue weighted by Crippen LogP contribution is 2.50. The van der Waals surface area contributed by atoms with Gasteiger partial charge in [0.1, 0.15) is 0 Å². The molecule has 0 spiro atoms. The fraction of sp³-hybridized carbons (Fsp3) is 1.00. The maximum atomic E-state index is 12.7. The van der Waals surface area contributed by atoms with E-state index in [2.05, 4.69) is 11.6 Å². The smallest absolute Gasteiger partial charge is 0.301 e. The molecular formula is C6HClF12O4S. The molecule has 24 heavy (non-hydrogen) atoms. The van der Waals surface area contributed by atoms with Crippen molar-refractivity contribution in [2.75, 3.05) is 0 Å². The molecule has 0 aromatic rings. The third-order valence-electron chi connectivity index (χ3n) is 1.74. The molecule has 0 aromatic carbocycles. The van der Waals surface area contributed by atoms with Crippen LogP contribution in [0, 0.1) is 0 Å². The van der Waals surface area contributed by atoms with Gasteiger partial charge in [0, 0.05) is 0 Å². The maximum absolute atomic E-state index is 12.7. The van der Waals surface area contributed by atoms with Crippen LogP contribution in [0.25, 0.3) is 0 Å². The van der Waals surface area contributed by atoms with E-state index in [1.807, 2.05) is 0 Å². The molecule has 0 bridgehead atoms. The first kappa shape index (κ1) is 23.5. The molecule has 0 radical (unpaired) electrons. The quantitative estimate of drug-likeness (QED) is 0.357. The molecule has 0 aliphatic carbocycles. The van der Waals surface area contributed by atoms with Crippen LogP contribution >= 0.6 is 11.6 Å². The summed E-state index contributed by atoms with van der Waals surface area (Å²) in [5.74, 6) is 0. The Labute approximate surface area is 129 Å². The zero-order chi connectivity index (χ0) is 20.0. The lowest BCUT2D eigenvalue weighted by Gasteiger charge is -2.33. The minimum absolute atomic E-state index is 1.61. The minimum Gasteiger partial charge on any atom is -0.301 e. The van der Waals surface area contributed by atoms with Crippen molar-refractivity contribution in [2.24, 2.45) is 0 Å². The van der Waals surface area contributed by atoms with Crippen molar-refractivity contribution in [3.05, 3.63) is 0 Å². The zero-order valence-electron chi connectivity index (χ0n) is 9.99. The van der Waals surface area contributed by atoms with Crippen molar-refractivity contribution >= 4 is 22.7 Å². The molecule has 1 unspecified atom stereocenters. The fourth-order valence-electron chi connectivity index (χ4n) is 0.660. The third-order valence-corrected chi connectivity index (χ3v) is 2.64. The van der Waals surface area contributed by atoms with E-state index in [1.165, 1.54) is 0 Å². The second-order valence-corrected chi connectivity index (χ2v) is 5.02. The standard InChI is InChI=1S/C6HClF12O4S/c7-1(8,9)2(10,11)22-3(12,13)4(14,15)23-5(16,17)6(18,19)24(20)21/h(H,20,21). The van der Waals surface area contributed by atoms with Crippen LogP contribution in [0.4, 0.5) is 52.7 Å². The van der Waals surface area contributed by atoms with Gasteiger partial charge in [-0.25, -0.2) is 13.7 Å². The Morgan fingerprint density at radius 1 is 0.667 bits per heavy atom. The summed E-state index contributed by atoms with van der Waals surface area (Å²) in [7, 11) is 0. The predicted octanol–water partition coefficient (Wildman–Crippen LogP) is 4.04. The summed E-state index contributed by atoms with van der Waals surface area (Å²) in [5, 5.41) is -12.5. The van der Waals surface area contributed by atoms with Gasteiger partial charge in [0.2, 0.25) is 11.1 Å². The molecule has 0 saturated heterocycles. The van der Waals surface area contributed by atoms with Gasteiger partial charge in [0.25, 0.3) is 0 Å². The lowest BCUT2D eigenvalue weighted by molar-refractivity contribution is -0.531. The number of rotatable bonds is 8. The summed E-state index contributed by atoms with van der Waals surface area (Å²) < 4.78 is 170. The minimum atomic E-state index is -7.11. The van der Waals surface area contributed by atoms with E-state index in [4.69, 9.17) is 4.55 Å². The Hall–Kier alpha value is -0.520. The zero-order valence-corrected chi connectivity index (χ0v) is 11.6. The second kappa shape index (κ2) is 6.33. The van der Waals surface area contributed by atoms with E-state index >= 15 is 0 Å². The Bertz CT molecular complexity index is 490. The largest absolute Gasteiger partial charge is 0.453 e. The molecule has 4 nitrogen and oxygen atoms in total. The van der Waals surface area contributed by atoms with Crippen LogP contribution < -0.4 is 0 Å². The van der Waals surface area contributed by atoms with E-state index in [9.17, 15) is 56.9 Å². The molecule has 0 fully saturated rings. The van der Waals surface area contributed by atoms with E-state index in [1.54, 1.807) is 9.47 Å². The van der Waals surface area contributed by atoms with Gasteiger partial charge in [-0.15, -0.1) is 0 Å². The second-order valence-electron chi connectivity index (χ2n) is 3.53. The van der Waals surface area contributed by atoms with Crippen LogP contribution in [0.1, 0.15) is 0 Å². The molecular weight excluding hydrogens is 432 g/mol. The number of ether oxygens (including phenoxy) is 2. The SMILES string of the molecule is O=S(O)C(F)(F)C(F)(F)OC(F)(F)C(F)(F)OC(F)(F)C(F)(F)Cl. The van der Waals surface area contributed by atoms with Crippen molar-refractivity contribution in [3.8, 4) is 0 Å². The van der Waals surface area contributed by atoms with Crippen molar-refractivity contribution in [3.63, 3.8) is 0 Å². The van der Waals surface area contributed by atoms with Crippen LogP contribution in [0.5, 0.6) is 0 Å². The van der Waals surface area contributed by atoms with Crippen LogP contribution in [0.15, 0.2) is 0 Å². The average Bonchev–Trinajstić information content (AvgIpc) is 2.23. The highest BCUT2D eigenvalue weighted by molar-refractivity contribution is 7.80. The topological polar surface area (TPSA) is 55.8 Å². The van der Waals surface area contributed by atoms with E-state index in [0.29, 0.717) is 0 Å². The summed E-state index contributed by atoms with van der Waals surface area (Å²) in [5.41, 5.74) is 0.